The molecule has 3 unspecified atom stereocenters. The zero-order chi connectivity index (χ0) is 8.15. The summed E-state index contributed by atoms with van der Waals surface area (Å²) in [6.45, 7) is -0.245. The van der Waals surface area contributed by atoms with Crippen molar-refractivity contribution in [3.8, 4) is 0 Å². The van der Waals surface area contributed by atoms with Gasteiger partial charge < -0.3 is 26.2 Å². The maximum Gasteiger partial charge on any atom is 0.131 e. The molecule has 0 aliphatic heterocycles. The van der Waals surface area contributed by atoms with E-state index in [4.69, 9.17) is 26.2 Å². The van der Waals surface area contributed by atoms with Crippen molar-refractivity contribution in [3.05, 3.63) is 0 Å². The molecule has 0 spiro atoms. The van der Waals surface area contributed by atoms with Gasteiger partial charge in [0.05, 0.1) is 6.10 Å². The maximum absolute atomic E-state index is 8.84. The molecule has 0 bridgehead atoms. The lowest BCUT2D eigenvalue weighted by atomic mass is 10.1. The van der Waals surface area contributed by atoms with E-state index in [1.54, 1.807) is 0 Å². The van der Waals surface area contributed by atoms with Gasteiger partial charge in [0.15, 0.2) is 0 Å². The minimum atomic E-state index is -1.46. The molecule has 0 rings (SSSR count). The molecule has 0 aromatic rings. The van der Waals surface area contributed by atoms with E-state index in [1.807, 2.05) is 0 Å². The fourth-order valence-corrected chi connectivity index (χ4v) is 0.531. The van der Waals surface area contributed by atoms with Crippen molar-refractivity contribution in [1.29, 1.82) is 0 Å². The van der Waals surface area contributed by atoms with Gasteiger partial charge in [0.25, 0.3) is 0 Å². The van der Waals surface area contributed by atoms with Crippen molar-refractivity contribution in [2.24, 2.45) is 5.73 Å². The molecular formula is C5H13NO4. The zero-order valence-electron chi connectivity index (χ0n) is 5.51. The summed E-state index contributed by atoms with van der Waals surface area (Å²) in [4.78, 5) is 0. The molecule has 62 valence electrons. The van der Waals surface area contributed by atoms with Crippen LogP contribution in [0.3, 0.4) is 0 Å². The number of nitrogens with two attached hydrogens (primary N) is 1. The van der Waals surface area contributed by atoms with Gasteiger partial charge in [-0.3, -0.25) is 0 Å². The maximum atomic E-state index is 8.84. The van der Waals surface area contributed by atoms with Gasteiger partial charge in [0, 0.05) is 6.61 Å². The first-order valence-electron chi connectivity index (χ1n) is 3.00. The molecule has 0 aliphatic carbocycles. The van der Waals surface area contributed by atoms with Crippen LogP contribution in [0.2, 0.25) is 0 Å². The van der Waals surface area contributed by atoms with Crippen LogP contribution in [0, 0.1) is 0 Å². The number of hydrogen-bond donors (Lipinski definition) is 5. The first kappa shape index (κ1) is 9.80. The molecule has 10 heavy (non-hydrogen) atoms. The van der Waals surface area contributed by atoms with E-state index >= 15 is 0 Å². The number of aliphatic hydroxyl groups excluding tert-OH is 4. The van der Waals surface area contributed by atoms with Gasteiger partial charge in [-0.1, -0.05) is 0 Å². The van der Waals surface area contributed by atoms with E-state index in [1.165, 1.54) is 0 Å². The van der Waals surface area contributed by atoms with Crippen LogP contribution in [0.1, 0.15) is 6.42 Å². The lowest BCUT2D eigenvalue weighted by molar-refractivity contribution is -0.0629. The molecule has 0 radical (unpaired) electrons. The van der Waals surface area contributed by atoms with Crippen molar-refractivity contribution < 1.29 is 20.4 Å². The minimum Gasteiger partial charge on any atom is -0.396 e. The number of rotatable bonds is 4. The van der Waals surface area contributed by atoms with E-state index in [0.717, 1.165) is 0 Å². The second kappa shape index (κ2) is 4.59. The summed E-state index contributed by atoms with van der Waals surface area (Å²) in [7, 11) is 0. The molecule has 0 saturated carbocycles. The Balaban J connectivity index is 3.58. The third-order valence-corrected chi connectivity index (χ3v) is 1.17. The molecule has 0 fully saturated rings. The fraction of sp³-hybridized carbons (Fsp3) is 1.00. The van der Waals surface area contributed by atoms with Gasteiger partial charge >= 0.3 is 0 Å². The molecule has 0 aromatic heterocycles. The third-order valence-electron chi connectivity index (χ3n) is 1.17. The molecule has 0 amide bonds. The highest BCUT2D eigenvalue weighted by atomic mass is 16.4. The normalized spacial score (nSPS) is 20.1. The first-order chi connectivity index (χ1) is 4.59. The summed E-state index contributed by atoms with van der Waals surface area (Å²) in [5.74, 6) is 0. The summed E-state index contributed by atoms with van der Waals surface area (Å²) in [5.41, 5.74) is 4.83. The van der Waals surface area contributed by atoms with Crippen LogP contribution in [0.5, 0.6) is 0 Å². The van der Waals surface area contributed by atoms with Gasteiger partial charge in [-0.15, -0.1) is 0 Å². The quantitative estimate of drug-likeness (QED) is 0.282. The molecular weight excluding hydrogens is 138 g/mol. The highest BCUT2D eigenvalue weighted by Crippen LogP contribution is 1.99. The van der Waals surface area contributed by atoms with Crippen molar-refractivity contribution in [3.63, 3.8) is 0 Å². The molecule has 0 aromatic carbocycles. The lowest BCUT2D eigenvalue weighted by Gasteiger charge is -2.18. The Bertz CT molecular complexity index is 87.7. The summed E-state index contributed by atoms with van der Waals surface area (Å²) < 4.78 is 0. The molecule has 5 heteroatoms. The SMILES string of the molecule is NC(O)C(O)C(O)CCO. The van der Waals surface area contributed by atoms with Crippen molar-refractivity contribution in [2.75, 3.05) is 6.61 Å². The van der Waals surface area contributed by atoms with E-state index in [2.05, 4.69) is 0 Å². The molecule has 0 heterocycles. The van der Waals surface area contributed by atoms with Crippen molar-refractivity contribution in [1.82, 2.24) is 0 Å². The monoisotopic (exact) mass is 151 g/mol. The Labute approximate surface area is 58.7 Å². The Hall–Kier alpha value is -0.200. The Morgan fingerprint density at radius 2 is 1.70 bits per heavy atom. The van der Waals surface area contributed by atoms with Crippen LogP contribution >= 0.6 is 0 Å². The predicted molar refractivity (Wildman–Crippen MR) is 33.9 cm³/mol. The standard InChI is InChI=1S/C5H13NO4/c6-5(10)4(9)3(8)1-2-7/h3-5,7-10H,1-2,6H2. The van der Waals surface area contributed by atoms with Gasteiger partial charge in [0.2, 0.25) is 0 Å². The Kier molecular flexibility index (Phi) is 4.50. The Morgan fingerprint density at radius 1 is 1.20 bits per heavy atom. The smallest absolute Gasteiger partial charge is 0.131 e. The summed E-state index contributed by atoms with van der Waals surface area (Å²) in [5, 5.41) is 34.4. The van der Waals surface area contributed by atoms with Crippen molar-refractivity contribution in [2.45, 2.75) is 24.9 Å². The van der Waals surface area contributed by atoms with Gasteiger partial charge in [-0.2, -0.15) is 0 Å². The molecule has 0 saturated heterocycles. The van der Waals surface area contributed by atoms with Gasteiger partial charge in [-0.25, -0.2) is 0 Å². The average Bonchev–Trinajstić information content (AvgIpc) is 1.87. The van der Waals surface area contributed by atoms with Crippen LogP contribution in [0.25, 0.3) is 0 Å². The molecule has 0 aliphatic rings. The highest BCUT2D eigenvalue weighted by molar-refractivity contribution is 4.70. The summed E-state index contributed by atoms with van der Waals surface area (Å²) >= 11 is 0. The van der Waals surface area contributed by atoms with Crippen LogP contribution in [-0.4, -0.2) is 45.5 Å². The highest BCUT2D eigenvalue weighted by Gasteiger charge is 2.20. The second-order valence-electron chi connectivity index (χ2n) is 2.06. The molecule has 3 atom stereocenters. The third kappa shape index (κ3) is 3.09. The molecule has 6 N–H and O–H groups in total. The number of aliphatic hydroxyl groups is 4. The fourth-order valence-electron chi connectivity index (χ4n) is 0.531. The second-order valence-corrected chi connectivity index (χ2v) is 2.06. The van der Waals surface area contributed by atoms with E-state index in [9.17, 15) is 0 Å². The van der Waals surface area contributed by atoms with Crippen LogP contribution in [0.15, 0.2) is 0 Å². The van der Waals surface area contributed by atoms with Gasteiger partial charge in [0.1, 0.15) is 12.3 Å². The summed E-state index contributed by atoms with van der Waals surface area (Å²) in [6.07, 6.45) is -3.99. The van der Waals surface area contributed by atoms with E-state index < -0.39 is 18.4 Å². The van der Waals surface area contributed by atoms with Crippen molar-refractivity contribution >= 4 is 0 Å². The summed E-state index contributed by atoms with van der Waals surface area (Å²) in [6, 6.07) is 0. The largest absolute Gasteiger partial charge is 0.396 e. The minimum absolute atomic E-state index is 0.00935. The Morgan fingerprint density at radius 3 is 2.00 bits per heavy atom. The molecule has 5 nitrogen and oxygen atoms in total. The topological polar surface area (TPSA) is 107 Å². The van der Waals surface area contributed by atoms with Gasteiger partial charge in [-0.05, 0) is 6.42 Å². The zero-order valence-corrected chi connectivity index (χ0v) is 5.51. The predicted octanol–water partition coefficient (Wildman–Crippen LogP) is -2.63. The van der Waals surface area contributed by atoms with Crippen LogP contribution in [-0.2, 0) is 0 Å². The van der Waals surface area contributed by atoms with Crippen LogP contribution in [0.4, 0.5) is 0 Å². The van der Waals surface area contributed by atoms with Crippen LogP contribution < -0.4 is 5.73 Å². The average molecular weight is 151 g/mol. The van der Waals surface area contributed by atoms with E-state index in [-0.39, 0.29) is 13.0 Å². The lowest BCUT2D eigenvalue weighted by Crippen LogP contribution is -2.43. The first-order valence-corrected chi connectivity index (χ1v) is 3.00. The number of hydrogen-bond acceptors (Lipinski definition) is 5. The van der Waals surface area contributed by atoms with E-state index in [0.29, 0.717) is 0 Å².